The van der Waals surface area contributed by atoms with Gasteiger partial charge >= 0.3 is 0 Å². The summed E-state index contributed by atoms with van der Waals surface area (Å²) in [6.07, 6.45) is 7.49. The Morgan fingerprint density at radius 3 is 1.96 bits per heavy atom. The fourth-order valence-electron chi connectivity index (χ4n) is 2.87. The van der Waals surface area contributed by atoms with E-state index in [1.807, 2.05) is 30.3 Å². The minimum atomic E-state index is 0. The topological polar surface area (TPSA) is 22.3 Å². The molecule has 0 amide bonds. The van der Waals surface area contributed by atoms with E-state index in [0.717, 1.165) is 43.9 Å². The second-order valence-corrected chi connectivity index (χ2v) is 6.57. The third-order valence-electron chi connectivity index (χ3n) is 4.39. The van der Waals surface area contributed by atoms with Gasteiger partial charge in [0.15, 0.2) is 18.9 Å². The average Bonchev–Trinajstić information content (AvgIpc) is 2.73. The molecule has 1 heterocycles. The summed E-state index contributed by atoms with van der Waals surface area (Å²) < 4.78 is 13.7. The second-order valence-electron chi connectivity index (χ2n) is 6.57. The van der Waals surface area contributed by atoms with Gasteiger partial charge in [-0.3, -0.25) is 0 Å². The van der Waals surface area contributed by atoms with Crippen LogP contribution in [-0.2, 0) is 39.3 Å². The van der Waals surface area contributed by atoms with Gasteiger partial charge in [0.2, 0.25) is 0 Å². The molecule has 3 aromatic rings. The molecule has 28 heavy (non-hydrogen) atoms. The molecule has 143 valence electrons. The van der Waals surface area contributed by atoms with Gasteiger partial charge in [0.25, 0.3) is 0 Å². The van der Waals surface area contributed by atoms with Gasteiger partial charge in [-0.15, -0.1) is 0 Å². The van der Waals surface area contributed by atoms with Crippen LogP contribution in [-0.4, -0.2) is 13.2 Å². The van der Waals surface area contributed by atoms with Crippen LogP contribution in [0.1, 0.15) is 26.2 Å². The Hall–Kier alpha value is -1.71. The molecule has 3 rings (SSSR count). The molecule has 0 unspecified atom stereocenters. The summed E-state index contributed by atoms with van der Waals surface area (Å²) in [5.74, 6) is 1.80. The van der Waals surface area contributed by atoms with Crippen LogP contribution >= 0.6 is 0 Å². The predicted molar refractivity (Wildman–Crippen MR) is 109 cm³/mol. The van der Waals surface area contributed by atoms with Crippen molar-refractivity contribution in [2.45, 2.75) is 32.7 Å². The molecule has 0 aliphatic carbocycles. The van der Waals surface area contributed by atoms with Gasteiger partial charge in [-0.1, -0.05) is 43.7 Å². The molecule has 0 saturated carbocycles. The number of aryl methyl sites for hydroxylation is 1. The quantitative estimate of drug-likeness (QED) is 0.309. The third-order valence-corrected chi connectivity index (χ3v) is 4.39. The second kappa shape index (κ2) is 12.7. The Bertz CT molecular complexity index is 806. The summed E-state index contributed by atoms with van der Waals surface area (Å²) in [6.45, 7) is 4.56. The van der Waals surface area contributed by atoms with Crippen LogP contribution in [0.3, 0.4) is 0 Å². The molecule has 0 atom stereocenters. The number of hydrogen-bond acceptors (Lipinski definition) is 2. The van der Waals surface area contributed by atoms with Crippen LogP contribution in [0.5, 0.6) is 11.5 Å². The molecule has 2 aromatic carbocycles. The van der Waals surface area contributed by atoms with Crippen molar-refractivity contribution >= 4 is 0 Å². The number of ether oxygens (including phenoxy) is 2. The molecule has 3 nitrogen and oxygen atoms in total. The van der Waals surface area contributed by atoms with Crippen molar-refractivity contribution in [1.29, 1.82) is 0 Å². The summed E-state index contributed by atoms with van der Waals surface area (Å²) in [5, 5.41) is 0. The van der Waals surface area contributed by atoms with Crippen molar-refractivity contribution in [3.63, 3.8) is 0 Å². The van der Waals surface area contributed by atoms with Crippen molar-refractivity contribution < 1.29 is 46.7 Å². The zero-order valence-electron chi connectivity index (χ0n) is 16.6. The SMILES string of the molecule is CCCCOc1ccc(OCCC[n+]2cccc(-c3ccccc3)c2)cc1.[Y]. The Balaban J connectivity index is 0.00000280. The van der Waals surface area contributed by atoms with Crippen LogP contribution in [0.2, 0.25) is 0 Å². The van der Waals surface area contributed by atoms with Crippen molar-refractivity contribution in [2.75, 3.05) is 13.2 Å². The van der Waals surface area contributed by atoms with Crippen LogP contribution in [0.25, 0.3) is 11.1 Å². The van der Waals surface area contributed by atoms with Gasteiger partial charge in [0, 0.05) is 50.8 Å². The number of hydrogen-bond donors (Lipinski definition) is 0. The summed E-state index contributed by atoms with van der Waals surface area (Å²) in [5.41, 5.74) is 2.47. The average molecular weight is 451 g/mol. The maximum atomic E-state index is 5.85. The number of unbranched alkanes of at least 4 members (excludes halogenated alkanes) is 1. The molecule has 1 aromatic heterocycles. The van der Waals surface area contributed by atoms with Crippen molar-refractivity contribution in [3.05, 3.63) is 79.1 Å². The van der Waals surface area contributed by atoms with Gasteiger partial charge in [0.05, 0.1) is 13.2 Å². The molecule has 0 spiro atoms. The van der Waals surface area contributed by atoms with E-state index >= 15 is 0 Å². The first-order valence-corrected chi connectivity index (χ1v) is 9.75. The number of benzene rings is 2. The van der Waals surface area contributed by atoms with Gasteiger partial charge in [-0.05, 0) is 42.3 Å². The van der Waals surface area contributed by atoms with E-state index in [4.69, 9.17) is 9.47 Å². The number of pyridine rings is 1. The minimum Gasteiger partial charge on any atom is -0.494 e. The molecule has 0 saturated heterocycles. The molecule has 0 N–H and O–H groups in total. The molecule has 1 radical (unpaired) electrons. The molecular formula is C24H28NO2Y+. The smallest absolute Gasteiger partial charge is 0.176 e. The van der Waals surface area contributed by atoms with E-state index in [9.17, 15) is 0 Å². The van der Waals surface area contributed by atoms with E-state index in [2.05, 4.69) is 60.3 Å². The van der Waals surface area contributed by atoms with Gasteiger partial charge in [-0.25, -0.2) is 4.57 Å². The zero-order chi connectivity index (χ0) is 18.7. The Kier molecular flexibility index (Phi) is 10.2. The van der Waals surface area contributed by atoms with Crippen molar-refractivity contribution in [1.82, 2.24) is 0 Å². The van der Waals surface area contributed by atoms with Crippen molar-refractivity contribution in [3.8, 4) is 22.6 Å². The van der Waals surface area contributed by atoms with E-state index in [-0.39, 0.29) is 32.7 Å². The van der Waals surface area contributed by atoms with Crippen molar-refractivity contribution in [2.24, 2.45) is 0 Å². The monoisotopic (exact) mass is 451 g/mol. The van der Waals surface area contributed by atoms with E-state index in [1.54, 1.807) is 0 Å². The zero-order valence-corrected chi connectivity index (χ0v) is 19.4. The van der Waals surface area contributed by atoms with Crippen LogP contribution < -0.4 is 14.0 Å². The fourth-order valence-corrected chi connectivity index (χ4v) is 2.87. The van der Waals surface area contributed by atoms with E-state index in [1.165, 1.54) is 11.1 Å². The first-order chi connectivity index (χ1) is 13.3. The molecule has 0 fully saturated rings. The molecule has 0 bridgehead atoms. The summed E-state index contributed by atoms with van der Waals surface area (Å²) in [7, 11) is 0. The Morgan fingerprint density at radius 1 is 0.714 bits per heavy atom. The minimum absolute atomic E-state index is 0. The van der Waals surface area contributed by atoms with Gasteiger partial charge < -0.3 is 9.47 Å². The molecular weight excluding hydrogens is 423 g/mol. The number of nitrogens with zero attached hydrogens (tertiary/aromatic N) is 1. The standard InChI is InChI=1S/C24H28NO2.Y/c1-2-3-18-26-23-12-14-24(15-13-23)27-19-8-17-25-16-7-11-22(20-25)21-9-5-4-6-10-21;/h4-7,9-16,20H,2-3,8,17-19H2,1H3;/q+1;. The molecule has 0 aliphatic rings. The van der Waals surface area contributed by atoms with Gasteiger partial charge in [0.1, 0.15) is 11.5 Å². The molecule has 0 aliphatic heterocycles. The Morgan fingerprint density at radius 2 is 1.32 bits per heavy atom. The third kappa shape index (κ3) is 7.37. The van der Waals surface area contributed by atoms with Crippen LogP contribution in [0.15, 0.2) is 79.1 Å². The summed E-state index contributed by atoms with van der Waals surface area (Å²) in [6, 6.07) is 22.6. The fraction of sp³-hybridized carbons (Fsp3) is 0.292. The maximum absolute atomic E-state index is 5.85. The first kappa shape index (κ1) is 22.6. The summed E-state index contributed by atoms with van der Waals surface area (Å²) >= 11 is 0. The normalized spacial score (nSPS) is 10.2. The Labute approximate surface area is 193 Å². The molecule has 4 heteroatoms. The number of aromatic nitrogens is 1. The largest absolute Gasteiger partial charge is 0.494 e. The summed E-state index contributed by atoms with van der Waals surface area (Å²) in [4.78, 5) is 0. The maximum Gasteiger partial charge on any atom is 0.176 e. The number of rotatable bonds is 10. The van der Waals surface area contributed by atoms with Crippen LogP contribution in [0, 0.1) is 0 Å². The van der Waals surface area contributed by atoms with E-state index in [0.29, 0.717) is 6.61 Å². The van der Waals surface area contributed by atoms with Crippen LogP contribution in [0.4, 0.5) is 0 Å². The van der Waals surface area contributed by atoms with E-state index < -0.39 is 0 Å². The van der Waals surface area contributed by atoms with Gasteiger partial charge in [-0.2, -0.15) is 0 Å². The predicted octanol–water partition coefficient (Wildman–Crippen LogP) is 5.29. The first-order valence-electron chi connectivity index (χ1n) is 9.75.